The highest BCUT2D eigenvalue weighted by molar-refractivity contribution is 5.26. The summed E-state index contributed by atoms with van der Waals surface area (Å²) in [5.74, 6) is 0. The van der Waals surface area contributed by atoms with Gasteiger partial charge in [-0.2, -0.15) is 0 Å². The molecule has 114 valence electrons. The Hall–Kier alpha value is -1.12. The molecule has 2 aliphatic rings. The van der Waals surface area contributed by atoms with Crippen LogP contribution in [-0.4, -0.2) is 6.29 Å². The normalized spacial score (nSPS) is 22.3. The second kappa shape index (κ2) is 6.33. The molecule has 0 N–H and O–H groups in total. The fourth-order valence-electron chi connectivity index (χ4n) is 3.07. The van der Waals surface area contributed by atoms with Crippen LogP contribution in [0, 0.1) is 5.41 Å². The number of benzene rings is 1. The maximum atomic E-state index is 5.91. The van der Waals surface area contributed by atoms with Crippen LogP contribution in [0.5, 0.6) is 0 Å². The summed E-state index contributed by atoms with van der Waals surface area (Å²) in [5, 5.41) is 0. The summed E-state index contributed by atoms with van der Waals surface area (Å²) in [6.07, 6.45) is 8.21. The van der Waals surface area contributed by atoms with Crippen LogP contribution in [0.1, 0.15) is 57.1 Å². The first-order chi connectivity index (χ1) is 10.1. The fraction of sp³-hybridized carbons (Fsp3) is 0.579. The average Bonchev–Trinajstić information content (AvgIpc) is 2.69. The maximum absolute atomic E-state index is 5.91. The predicted molar refractivity (Wildman–Crippen MR) is 84.8 cm³/mol. The van der Waals surface area contributed by atoms with Crippen molar-refractivity contribution in [1.29, 1.82) is 0 Å². The topological polar surface area (TPSA) is 18.5 Å². The van der Waals surface area contributed by atoms with Crippen molar-refractivity contribution < 1.29 is 9.47 Å². The summed E-state index contributed by atoms with van der Waals surface area (Å²) in [6, 6.07) is 8.40. The maximum Gasteiger partial charge on any atom is 0.158 e. The van der Waals surface area contributed by atoms with Crippen LogP contribution in [-0.2, 0) is 22.7 Å². The molecule has 1 aliphatic heterocycles. The van der Waals surface area contributed by atoms with Crippen molar-refractivity contribution in [1.82, 2.24) is 0 Å². The van der Waals surface area contributed by atoms with E-state index in [2.05, 4.69) is 44.2 Å². The Kier molecular flexibility index (Phi) is 4.46. The molecular weight excluding hydrogens is 260 g/mol. The first-order valence-electron chi connectivity index (χ1n) is 8.10. The van der Waals surface area contributed by atoms with Gasteiger partial charge in [0, 0.05) is 6.42 Å². The van der Waals surface area contributed by atoms with Crippen LogP contribution >= 0.6 is 0 Å². The van der Waals surface area contributed by atoms with Gasteiger partial charge in [-0.3, -0.25) is 0 Å². The molecule has 3 rings (SSSR count). The largest absolute Gasteiger partial charge is 0.348 e. The minimum Gasteiger partial charge on any atom is -0.348 e. The Balaban J connectivity index is 1.50. The number of rotatable bonds is 3. The lowest BCUT2D eigenvalue weighted by atomic mass is 9.77. The van der Waals surface area contributed by atoms with Crippen molar-refractivity contribution in [2.75, 3.05) is 0 Å². The molecule has 0 saturated heterocycles. The van der Waals surface area contributed by atoms with Crippen molar-refractivity contribution in [2.45, 2.75) is 65.5 Å². The molecule has 0 amide bonds. The third kappa shape index (κ3) is 3.96. The summed E-state index contributed by atoms with van der Waals surface area (Å²) >= 11 is 0. The molecule has 2 nitrogen and oxygen atoms in total. The molecule has 0 aromatic heterocycles. The van der Waals surface area contributed by atoms with E-state index in [0.29, 0.717) is 18.6 Å². The van der Waals surface area contributed by atoms with Gasteiger partial charge in [0.2, 0.25) is 0 Å². The van der Waals surface area contributed by atoms with Gasteiger partial charge in [-0.1, -0.05) is 49.8 Å². The lowest BCUT2D eigenvalue weighted by Crippen LogP contribution is -2.17. The molecule has 1 aromatic rings. The van der Waals surface area contributed by atoms with Crippen LogP contribution in [0.3, 0.4) is 0 Å². The molecular formula is C19H26O2. The van der Waals surface area contributed by atoms with E-state index in [-0.39, 0.29) is 6.29 Å². The van der Waals surface area contributed by atoms with Crippen molar-refractivity contribution in [3.05, 3.63) is 47.0 Å². The molecule has 1 aliphatic carbocycles. The van der Waals surface area contributed by atoms with Gasteiger partial charge < -0.3 is 9.47 Å². The third-order valence-corrected chi connectivity index (χ3v) is 4.74. The van der Waals surface area contributed by atoms with Gasteiger partial charge >= 0.3 is 0 Å². The van der Waals surface area contributed by atoms with E-state index < -0.39 is 0 Å². The zero-order chi connectivity index (χ0) is 14.7. The highest BCUT2D eigenvalue weighted by Crippen LogP contribution is 2.36. The molecule has 0 atom stereocenters. The number of fused-ring (bicyclic) bond motifs is 1. The molecule has 1 aromatic carbocycles. The second-order valence-electron chi connectivity index (χ2n) is 7.09. The molecule has 21 heavy (non-hydrogen) atoms. The van der Waals surface area contributed by atoms with E-state index in [9.17, 15) is 0 Å². The summed E-state index contributed by atoms with van der Waals surface area (Å²) in [5.41, 5.74) is 4.60. The molecule has 0 bridgehead atoms. The predicted octanol–water partition coefficient (Wildman–Crippen LogP) is 4.98. The van der Waals surface area contributed by atoms with Crippen LogP contribution in [0.25, 0.3) is 0 Å². The first kappa shape index (κ1) is 14.8. The lowest BCUT2D eigenvalue weighted by Gasteiger charge is -2.29. The first-order valence-corrected chi connectivity index (χ1v) is 8.10. The highest BCUT2D eigenvalue weighted by atomic mass is 16.7. The van der Waals surface area contributed by atoms with E-state index in [0.717, 1.165) is 12.8 Å². The zero-order valence-electron chi connectivity index (χ0n) is 13.2. The van der Waals surface area contributed by atoms with Gasteiger partial charge in [0.1, 0.15) is 0 Å². The number of hydrogen-bond acceptors (Lipinski definition) is 2. The van der Waals surface area contributed by atoms with Gasteiger partial charge in [-0.15, -0.1) is 0 Å². The SMILES string of the molecule is CC1(C)CC=C(CCC2OCc3ccccc3CO2)CC1. The Bertz CT molecular complexity index is 489. The van der Waals surface area contributed by atoms with E-state index in [4.69, 9.17) is 9.47 Å². The van der Waals surface area contributed by atoms with Crippen molar-refractivity contribution in [3.63, 3.8) is 0 Å². The van der Waals surface area contributed by atoms with E-state index in [1.165, 1.54) is 30.4 Å². The minimum absolute atomic E-state index is 0.0618. The number of allylic oxidation sites excluding steroid dienone is 2. The highest BCUT2D eigenvalue weighted by Gasteiger charge is 2.22. The van der Waals surface area contributed by atoms with Crippen LogP contribution < -0.4 is 0 Å². The van der Waals surface area contributed by atoms with Crippen LogP contribution in [0.15, 0.2) is 35.9 Å². The molecule has 1 heterocycles. The quantitative estimate of drug-likeness (QED) is 0.730. The number of ether oxygens (including phenoxy) is 2. The molecule has 0 spiro atoms. The van der Waals surface area contributed by atoms with Crippen LogP contribution in [0.2, 0.25) is 0 Å². The summed E-state index contributed by atoms with van der Waals surface area (Å²) in [6.45, 7) is 6.06. The standard InChI is InChI=1S/C19H26O2/c1-19(2)11-9-15(10-12-19)7-8-18-20-13-16-5-3-4-6-17(16)14-21-18/h3-6,9,18H,7-8,10-14H2,1-2H3. The molecule has 0 radical (unpaired) electrons. The van der Waals surface area contributed by atoms with Gasteiger partial charge in [0.25, 0.3) is 0 Å². The second-order valence-corrected chi connectivity index (χ2v) is 7.09. The van der Waals surface area contributed by atoms with Gasteiger partial charge in [0.05, 0.1) is 13.2 Å². The Morgan fingerprint density at radius 3 is 2.33 bits per heavy atom. The molecule has 0 fully saturated rings. The number of hydrogen-bond donors (Lipinski definition) is 0. The van der Waals surface area contributed by atoms with Crippen molar-refractivity contribution in [3.8, 4) is 0 Å². The average molecular weight is 286 g/mol. The van der Waals surface area contributed by atoms with Crippen molar-refractivity contribution >= 4 is 0 Å². The van der Waals surface area contributed by atoms with E-state index >= 15 is 0 Å². The Labute approximate surface area is 128 Å². The fourth-order valence-corrected chi connectivity index (χ4v) is 3.07. The van der Waals surface area contributed by atoms with Crippen molar-refractivity contribution in [2.24, 2.45) is 5.41 Å². The van der Waals surface area contributed by atoms with Gasteiger partial charge in [-0.25, -0.2) is 0 Å². The molecule has 0 saturated carbocycles. The molecule has 2 heteroatoms. The van der Waals surface area contributed by atoms with E-state index in [1.54, 1.807) is 5.57 Å². The zero-order valence-corrected chi connectivity index (χ0v) is 13.2. The smallest absolute Gasteiger partial charge is 0.158 e. The Morgan fingerprint density at radius 1 is 1.10 bits per heavy atom. The van der Waals surface area contributed by atoms with E-state index in [1.807, 2.05) is 0 Å². The van der Waals surface area contributed by atoms with Gasteiger partial charge in [0.15, 0.2) is 6.29 Å². The summed E-state index contributed by atoms with van der Waals surface area (Å²) in [7, 11) is 0. The summed E-state index contributed by atoms with van der Waals surface area (Å²) < 4.78 is 11.8. The molecule has 0 unspecified atom stereocenters. The van der Waals surface area contributed by atoms with Gasteiger partial charge in [-0.05, 0) is 42.2 Å². The lowest BCUT2D eigenvalue weighted by molar-refractivity contribution is -0.151. The Morgan fingerprint density at radius 2 is 1.76 bits per heavy atom. The monoisotopic (exact) mass is 286 g/mol. The third-order valence-electron chi connectivity index (χ3n) is 4.74. The minimum atomic E-state index is -0.0618. The summed E-state index contributed by atoms with van der Waals surface area (Å²) in [4.78, 5) is 0. The van der Waals surface area contributed by atoms with Crippen LogP contribution in [0.4, 0.5) is 0 Å².